The third-order valence-electron chi connectivity index (χ3n) is 4.12. The molecule has 1 heterocycles. The van der Waals surface area contributed by atoms with Gasteiger partial charge in [-0.25, -0.2) is 0 Å². The number of hydrogen-bond donors (Lipinski definition) is 3. The maximum Gasteiger partial charge on any atom is 0.311 e. The molecule has 1 aromatic heterocycles. The van der Waals surface area contributed by atoms with Crippen LogP contribution < -0.4 is 5.32 Å². The highest BCUT2D eigenvalue weighted by molar-refractivity contribution is 6.06. The van der Waals surface area contributed by atoms with Crippen molar-refractivity contribution in [3.05, 3.63) is 36.0 Å². The van der Waals surface area contributed by atoms with Crippen molar-refractivity contribution in [2.75, 3.05) is 0 Å². The molecule has 0 saturated heterocycles. The third kappa shape index (κ3) is 2.84. The largest absolute Gasteiger partial charge is 0.481 e. The second-order valence-electron chi connectivity index (χ2n) is 6.47. The predicted octanol–water partition coefficient (Wildman–Crippen LogP) is 3.03. The van der Waals surface area contributed by atoms with E-state index in [2.05, 4.69) is 10.3 Å². The summed E-state index contributed by atoms with van der Waals surface area (Å²) in [6.07, 6.45) is 1.78. The number of aliphatic carboxylic acids is 1. The summed E-state index contributed by atoms with van der Waals surface area (Å²) in [5, 5.41) is 13.2. The Morgan fingerprint density at radius 3 is 2.50 bits per heavy atom. The molecule has 0 aliphatic rings. The summed E-state index contributed by atoms with van der Waals surface area (Å²) >= 11 is 0. The molecule has 0 saturated carbocycles. The number of carbonyl (C=O) groups excluding carboxylic acids is 1. The molecule has 1 unspecified atom stereocenters. The average molecular weight is 302 g/mol. The summed E-state index contributed by atoms with van der Waals surface area (Å²) in [4.78, 5) is 27.2. The minimum absolute atomic E-state index is 0.000442. The lowest BCUT2D eigenvalue weighted by Crippen LogP contribution is -2.51. The number of benzene rings is 1. The quantitative estimate of drug-likeness (QED) is 0.794. The van der Waals surface area contributed by atoms with Gasteiger partial charge in [0.15, 0.2) is 0 Å². The minimum Gasteiger partial charge on any atom is -0.481 e. The van der Waals surface area contributed by atoms with Gasteiger partial charge in [0.2, 0.25) is 0 Å². The number of aromatic nitrogens is 1. The van der Waals surface area contributed by atoms with Gasteiger partial charge in [0.1, 0.15) is 0 Å². The second kappa shape index (κ2) is 5.83. The summed E-state index contributed by atoms with van der Waals surface area (Å²) in [7, 11) is 0. The molecule has 0 fully saturated rings. The van der Waals surface area contributed by atoms with E-state index in [0.29, 0.717) is 5.56 Å². The topological polar surface area (TPSA) is 82.2 Å². The van der Waals surface area contributed by atoms with Gasteiger partial charge >= 0.3 is 5.97 Å². The van der Waals surface area contributed by atoms with Gasteiger partial charge in [-0.1, -0.05) is 19.9 Å². The van der Waals surface area contributed by atoms with E-state index in [4.69, 9.17) is 0 Å². The van der Waals surface area contributed by atoms with E-state index >= 15 is 0 Å². The van der Waals surface area contributed by atoms with Gasteiger partial charge in [-0.15, -0.1) is 0 Å². The SMILES string of the molecule is CC(C)C(NC(=O)c1cccc2[nH]ccc12)C(C)(C)C(=O)O. The lowest BCUT2D eigenvalue weighted by atomic mass is 9.78. The number of carbonyl (C=O) groups is 2. The van der Waals surface area contributed by atoms with Gasteiger partial charge in [0.05, 0.1) is 5.41 Å². The summed E-state index contributed by atoms with van der Waals surface area (Å²) in [6, 6.07) is 6.83. The van der Waals surface area contributed by atoms with E-state index in [1.807, 2.05) is 26.0 Å². The molecule has 22 heavy (non-hydrogen) atoms. The van der Waals surface area contributed by atoms with Crippen LogP contribution >= 0.6 is 0 Å². The van der Waals surface area contributed by atoms with Crippen LogP contribution in [0.5, 0.6) is 0 Å². The highest BCUT2D eigenvalue weighted by Gasteiger charge is 2.39. The van der Waals surface area contributed by atoms with Crippen LogP contribution in [0.25, 0.3) is 10.9 Å². The molecule has 0 aliphatic heterocycles. The van der Waals surface area contributed by atoms with Crippen molar-refractivity contribution in [3.8, 4) is 0 Å². The number of carboxylic acids is 1. The Labute approximate surface area is 129 Å². The van der Waals surface area contributed by atoms with Crippen molar-refractivity contribution >= 4 is 22.8 Å². The lowest BCUT2D eigenvalue weighted by Gasteiger charge is -2.34. The zero-order valence-corrected chi connectivity index (χ0v) is 13.3. The van der Waals surface area contributed by atoms with E-state index in [9.17, 15) is 14.7 Å². The summed E-state index contributed by atoms with van der Waals surface area (Å²) in [5.74, 6) is -1.18. The van der Waals surface area contributed by atoms with Crippen LogP contribution in [0.4, 0.5) is 0 Å². The smallest absolute Gasteiger partial charge is 0.311 e. The Balaban J connectivity index is 2.33. The average Bonchev–Trinajstić information content (AvgIpc) is 2.91. The Bertz CT molecular complexity index is 701. The van der Waals surface area contributed by atoms with Crippen molar-refractivity contribution in [2.45, 2.75) is 33.7 Å². The first-order valence-corrected chi connectivity index (χ1v) is 7.35. The zero-order valence-electron chi connectivity index (χ0n) is 13.3. The summed E-state index contributed by atoms with van der Waals surface area (Å²) in [5.41, 5.74) is 0.382. The maximum absolute atomic E-state index is 12.6. The van der Waals surface area contributed by atoms with Crippen LogP contribution in [-0.2, 0) is 4.79 Å². The third-order valence-corrected chi connectivity index (χ3v) is 4.12. The monoisotopic (exact) mass is 302 g/mol. The number of H-pyrrole nitrogens is 1. The Morgan fingerprint density at radius 2 is 1.91 bits per heavy atom. The molecule has 2 aromatic rings. The van der Waals surface area contributed by atoms with Crippen LogP contribution in [-0.4, -0.2) is 28.0 Å². The van der Waals surface area contributed by atoms with Crippen molar-refractivity contribution < 1.29 is 14.7 Å². The summed E-state index contributed by atoms with van der Waals surface area (Å²) < 4.78 is 0. The van der Waals surface area contributed by atoms with E-state index < -0.39 is 17.4 Å². The fourth-order valence-corrected chi connectivity index (χ4v) is 2.82. The molecule has 3 N–H and O–H groups in total. The molecule has 5 heteroatoms. The molecule has 1 atom stereocenters. The fraction of sp³-hybridized carbons (Fsp3) is 0.412. The Hall–Kier alpha value is -2.30. The molecular formula is C17H22N2O3. The molecule has 0 aliphatic carbocycles. The van der Waals surface area contributed by atoms with Gasteiger partial charge in [-0.2, -0.15) is 0 Å². The molecule has 118 valence electrons. The van der Waals surface area contributed by atoms with Crippen molar-refractivity contribution in [3.63, 3.8) is 0 Å². The number of amides is 1. The number of hydrogen-bond acceptors (Lipinski definition) is 2. The van der Waals surface area contributed by atoms with Gasteiger partial charge < -0.3 is 15.4 Å². The van der Waals surface area contributed by atoms with Crippen molar-refractivity contribution in [1.82, 2.24) is 10.3 Å². The number of rotatable bonds is 5. The first-order valence-electron chi connectivity index (χ1n) is 7.35. The van der Waals surface area contributed by atoms with E-state index in [1.165, 1.54) is 0 Å². The second-order valence-corrected chi connectivity index (χ2v) is 6.47. The van der Waals surface area contributed by atoms with Crippen LogP contribution in [0.3, 0.4) is 0 Å². The van der Waals surface area contributed by atoms with Crippen LogP contribution in [0, 0.1) is 11.3 Å². The van der Waals surface area contributed by atoms with Gasteiger partial charge in [-0.05, 0) is 38.0 Å². The predicted molar refractivity (Wildman–Crippen MR) is 85.8 cm³/mol. The molecule has 1 amide bonds. The first kappa shape index (κ1) is 16.1. The molecule has 2 rings (SSSR count). The molecular weight excluding hydrogens is 280 g/mol. The minimum atomic E-state index is -1.05. The Kier molecular flexibility index (Phi) is 4.26. The zero-order chi connectivity index (χ0) is 16.5. The number of nitrogens with one attached hydrogen (secondary N) is 2. The number of fused-ring (bicyclic) bond motifs is 1. The molecule has 0 radical (unpaired) electrons. The van der Waals surface area contributed by atoms with Crippen molar-refractivity contribution in [2.24, 2.45) is 11.3 Å². The highest BCUT2D eigenvalue weighted by atomic mass is 16.4. The molecule has 1 aromatic carbocycles. The number of carboxylic acid groups (broad SMARTS) is 1. The van der Waals surface area contributed by atoms with Gasteiger partial charge in [0, 0.05) is 28.7 Å². The lowest BCUT2D eigenvalue weighted by molar-refractivity contribution is -0.149. The number of aromatic amines is 1. The fourth-order valence-electron chi connectivity index (χ4n) is 2.82. The first-order chi connectivity index (χ1) is 10.2. The molecule has 5 nitrogen and oxygen atoms in total. The van der Waals surface area contributed by atoms with Crippen molar-refractivity contribution in [1.29, 1.82) is 0 Å². The summed E-state index contributed by atoms with van der Waals surface area (Å²) in [6.45, 7) is 7.09. The van der Waals surface area contributed by atoms with Gasteiger partial charge in [0.25, 0.3) is 5.91 Å². The highest BCUT2D eigenvalue weighted by Crippen LogP contribution is 2.27. The standard InChI is InChI=1S/C17H22N2O3/c1-10(2)14(17(3,4)16(21)22)19-15(20)12-6-5-7-13-11(12)8-9-18-13/h5-10,14,18H,1-4H3,(H,19,20)(H,21,22). The van der Waals surface area contributed by atoms with Crippen LogP contribution in [0.1, 0.15) is 38.1 Å². The van der Waals surface area contributed by atoms with Gasteiger partial charge in [-0.3, -0.25) is 9.59 Å². The van der Waals surface area contributed by atoms with Crippen LogP contribution in [0.2, 0.25) is 0 Å². The normalized spacial score (nSPS) is 13.3. The van der Waals surface area contributed by atoms with E-state index in [-0.39, 0.29) is 11.8 Å². The van der Waals surface area contributed by atoms with E-state index in [0.717, 1.165) is 10.9 Å². The Morgan fingerprint density at radius 1 is 1.23 bits per heavy atom. The molecule has 0 bridgehead atoms. The van der Waals surface area contributed by atoms with Crippen LogP contribution in [0.15, 0.2) is 30.5 Å². The van der Waals surface area contributed by atoms with E-state index in [1.54, 1.807) is 32.2 Å². The maximum atomic E-state index is 12.6. The molecule has 0 spiro atoms.